The molecule has 0 fully saturated rings. The number of aromatic nitrogens is 1. The van der Waals surface area contributed by atoms with Crippen molar-refractivity contribution in [3.05, 3.63) is 23.9 Å². The lowest BCUT2D eigenvalue weighted by molar-refractivity contribution is 0.0928. The number of hydrogen-bond acceptors (Lipinski definition) is 3. The zero-order chi connectivity index (χ0) is 9.84. The van der Waals surface area contributed by atoms with Crippen molar-refractivity contribution in [2.24, 2.45) is 5.92 Å². The Labute approximate surface area is 78.0 Å². The van der Waals surface area contributed by atoms with Crippen LogP contribution < -0.4 is 5.73 Å². The highest BCUT2D eigenvalue weighted by Gasteiger charge is 2.15. The summed E-state index contributed by atoms with van der Waals surface area (Å²) < 4.78 is 0. The van der Waals surface area contributed by atoms with Crippen molar-refractivity contribution in [3.63, 3.8) is 0 Å². The largest absolute Gasteiger partial charge is 0.383 e. The number of nitrogens with zero attached hydrogens (tertiary/aromatic N) is 1. The van der Waals surface area contributed by atoms with Crippen LogP contribution in [-0.4, -0.2) is 10.8 Å². The Balaban J connectivity index is 2.95. The van der Waals surface area contributed by atoms with Crippen LogP contribution in [0.15, 0.2) is 18.3 Å². The molecule has 70 valence electrons. The molecule has 1 atom stereocenters. The lowest BCUT2D eigenvalue weighted by Crippen LogP contribution is -2.13. The molecule has 3 heteroatoms. The third-order valence-corrected chi connectivity index (χ3v) is 2.16. The molecule has 2 N–H and O–H groups in total. The predicted molar refractivity (Wildman–Crippen MR) is 52.4 cm³/mol. The fourth-order valence-electron chi connectivity index (χ4n) is 1.08. The number of nitrogen functional groups attached to an aromatic ring is 1. The van der Waals surface area contributed by atoms with E-state index >= 15 is 0 Å². The summed E-state index contributed by atoms with van der Waals surface area (Å²) in [6, 6.07) is 3.45. The van der Waals surface area contributed by atoms with Crippen molar-refractivity contribution < 1.29 is 4.79 Å². The van der Waals surface area contributed by atoms with Gasteiger partial charge in [-0.3, -0.25) is 4.79 Å². The number of nitrogens with two attached hydrogens (primary N) is 1. The molecule has 0 aromatic carbocycles. The highest BCUT2D eigenvalue weighted by molar-refractivity contribution is 6.01. The summed E-state index contributed by atoms with van der Waals surface area (Å²) in [5, 5.41) is 0. The standard InChI is InChI=1S/C10H14N2O/c1-3-7(2)9(13)8-5-4-6-12-10(8)11/h4-7H,3H2,1-2H3,(H2,11,12). The first kappa shape index (κ1) is 9.71. The Hall–Kier alpha value is -1.38. The van der Waals surface area contributed by atoms with Gasteiger partial charge in [0.1, 0.15) is 5.82 Å². The van der Waals surface area contributed by atoms with E-state index < -0.39 is 0 Å². The van der Waals surface area contributed by atoms with Crippen LogP contribution in [0, 0.1) is 5.92 Å². The molecule has 0 aliphatic carbocycles. The van der Waals surface area contributed by atoms with Crippen LogP contribution in [0.2, 0.25) is 0 Å². The smallest absolute Gasteiger partial charge is 0.169 e. The lowest BCUT2D eigenvalue weighted by atomic mass is 9.98. The first-order valence-corrected chi connectivity index (χ1v) is 4.41. The molecule has 0 radical (unpaired) electrons. The summed E-state index contributed by atoms with van der Waals surface area (Å²) >= 11 is 0. The van der Waals surface area contributed by atoms with E-state index in [0.717, 1.165) is 6.42 Å². The zero-order valence-electron chi connectivity index (χ0n) is 7.95. The summed E-state index contributed by atoms with van der Waals surface area (Å²) in [6.07, 6.45) is 2.41. The Kier molecular flexibility index (Phi) is 3.01. The van der Waals surface area contributed by atoms with Gasteiger partial charge in [-0.15, -0.1) is 0 Å². The molecule has 0 aliphatic rings. The molecule has 0 bridgehead atoms. The molecule has 1 aromatic heterocycles. The molecule has 3 nitrogen and oxygen atoms in total. The van der Waals surface area contributed by atoms with E-state index in [1.165, 1.54) is 0 Å². The van der Waals surface area contributed by atoms with Crippen LogP contribution in [-0.2, 0) is 0 Å². The van der Waals surface area contributed by atoms with Crippen LogP contribution in [0.4, 0.5) is 5.82 Å². The van der Waals surface area contributed by atoms with E-state index in [9.17, 15) is 4.79 Å². The van der Waals surface area contributed by atoms with Gasteiger partial charge in [0, 0.05) is 12.1 Å². The average molecular weight is 178 g/mol. The van der Waals surface area contributed by atoms with Gasteiger partial charge in [0.15, 0.2) is 5.78 Å². The number of carbonyl (C=O) groups excluding carboxylic acids is 1. The van der Waals surface area contributed by atoms with Crippen molar-refractivity contribution in [1.29, 1.82) is 0 Å². The number of rotatable bonds is 3. The van der Waals surface area contributed by atoms with Crippen LogP contribution in [0.1, 0.15) is 30.6 Å². The molecule has 1 rings (SSSR count). The number of carbonyl (C=O) groups is 1. The van der Waals surface area contributed by atoms with Gasteiger partial charge in [-0.05, 0) is 18.6 Å². The number of pyridine rings is 1. The Bertz CT molecular complexity index is 310. The molecule has 0 saturated heterocycles. The number of hydrogen-bond donors (Lipinski definition) is 1. The van der Waals surface area contributed by atoms with Crippen molar-refractivity contribution in [3.8, 4) is 0 Å². The molecule has 0 saturated carbocycles. The Morgan fingerprint density at radius 1 is 1.69 bits per heavy atom. The van der Waals surface area contributed by atoms with Gasteiger partial charge in [0.05, 0.1) is 5.56 Å². The van der Waals surface area contributed by atoms with Gasteiger partial charge in [-0.25, -0.2) is 4.98 Å². The SMILES string of the molecule is CCC(C)C(=O)c1cccnc1N. The van der Waals surface area contributed by atoms with Gasteiger partial charge in [0.25, 0.3) is 0 Å². The maximum atomic E-state index is 11.7. The minimum atomic E-state index is 0.0199. The molecular formula is C10H14N2O. The first-order valence-electron chi connectivity index (χ1n) is 4.41. The molecule has 0 amide bonds. The monoisotopic (exact) mass is 178 g/mol. The van der Waals surface area contributed by atoms with Crippen LogP contribution in [0.5, 0.6) is 0 Å². The first-order chi connectivity index (χ1) is 6.16. The summed E-state index contributed by atoms with van der Waals surface area (Å²) in [5.41, 5.74) is 6.12. The van der Waals surface area contributed by atoms with Gasteiger partial charge in [-0.1, -0.05) is 13.8 Å². The van der Waals surface area contributed by atoms with E-state index in [2.05, 4.69) is 4.98 Å². The Morgan fingerprint density at radius 3 is 2.92 bits per heavy atom. The van der Waals surface area contributed by atoms with E-state index in [1.54, 1.807) is 18.3 Å². The topological polar surface area (TPSA) is 56.0 Å². The van der Waals surface area contributed by atoms with Crippen molar-refractivity contribution in [1.82, 2.24) is 4.98 Å². The average Bonchev–Trinajstić information content (AvgIpc) is 2.16. The van der Waals surface area contributed by atoms with Crippen LogP contribution >= 0.6 is 0 Å². The summed E-state index contributed by atoms with van der Waals surface area (Å²) in [5.74, 6) is 0.424. The molecule has 0 aliphatic heterocycles. The molecule has 1 aromatic rings. The fourth-order valence-corrected chi connectivity index (χ4v) is 1.08. The van der Waals surface area contributed by atoms with E-state index in [4.69, 9.17) is 5.73 Å². The minimum absolute atomic E-state index is 0.0199. The number of ketones is 1. The number of Topliss-reactive ketones (excluding diaryl/α,β-unsaturated/α-hetero) is 1. The lowest BCUT2D eigenvalue weighted by Gasteiger charge is -2.08. The van der Waals surface area contributed by atoms with Crippen molar-refractivity contribution in [2.45, 2.75) is 20.3 Å². The number of anilines is 1. The Morgan fingerprint density at radius 2 is 2.38 bits per heavy atom. The second-order valence-corrected chi connectivity index (χ2v) is 3.11. The van der Waals surface area contributed by atoms with E-state index in [-0.39, 0.29) is 11.7 Å². The maximum Gasteiger partial charge on any atom is 0.169 e. The van der Waals surface area contributed by atoms with Crippen LogP contribution in [0.3, 0.4) is 0 Å². The quantitative estimate of drug-likeness (QED) is 0.719. The third kappa shape index (κ3) is 2.05. The highest BCUT2D eigenvalue weighted by Crippen LogP contribution is 2.15. The van der Waals surface area contributed by atoms with E-state index in [1.807, 2.05) is 13.8 Å². The minimum Gasteiger partial charge on any atom is -0.383 e. The highest BCUT2D eigenvalue weighted by atomic mass is 16.1. The maximum absolute atomic E-state index is 11.7. The summed E-state index contributed by atoms with van der Waals surface area (Å²) in [4.78, 5) is 15.6. The van der Waals surface area contributed by atoms with Crippen LogP contribution in [0.25, 0.3) is 0 Å². The third-order valence-electron chi connectivity index (χ3n) is 2.16. The second-order valence-electron chi connectivity index (χ2n) is 3.11. The molecule has 0 spiro atoms. The summed E-state index contributed by atoms with van der Waals surface area (Å²) in [6.45, 7) is 3.88. The normalized spacial score (nSPS) is 12.5. The van der Waals surface area contributed by atoms with E-state index in [0.29, 0.717) is 11.4 Å². The van der Waals surface area contributed by atoms with Gasteiger partial charge < -0.3 is 5.73 Å². The van der Waals surface area contributed by atoms with Gasteiger partial charge in [0.2, 0.25) is 0 Å². The molecule has 1 unspecified atom stereocenters. The predicted octanol–water partition coefficient (Wildman–Crippen LogP) is 1.89. The fraction of sp³-hybridized carbons (Fsp3) is 0.400. The summed E-state index contributed by atoms with van der Waals surface area (Å²) in [7, 11) is 0. The molecular weight excluding hydrogens is 164 g/mol. The van der Waals surface area contributed by atoms with Crippen molar-refractivity contribution in [2.75, 3.05) is 5.73 Å². The molecule has 13 heavy (non-hydrogen) atoms. The van der Waals surface area contributed by atoms with Crippen molar-refractivity contribution >= 4 is 11.6 Å². The van der Waals surface area contributed by atoms with Gasteiger partial charge in [-0.2, -0.15) is 0 Å². The van der Waals surface area contributed by atoms with Gasteiger partial charge >= 0.3 is 0 Å². The zero-order valence-corrected chi connectivity index (χ0v) is 7.95. The second kappa shape index (κ2) is 4.03. The molecule has 1 heterocycles.